The molecule has 3 fully saturated rings. The van der Waals surface area contributed by atoms with Gasteiger partial charge in [-0.05, 0) is 111 Å². The predicted octanol–water partition coefficient (Wildman–Crippen LogP) is 11.6. The number of hydrogen-bond donors (Lipinski definition) is 0. The number of benzene rings is 2. The second-order valence-electron chi connectivity index (χ2n) is 18.5. The largest absolute Gasteiger partial charge is 0.390 e. The molecule has 0 N–H and O–H groups in total. The van der Waals surface area contributed by atoms with Gasteiger partial charge in [0.05, 0.1) is 0 Å². The minimum Gasteiger partial charge on any atom is -0.390 e. The minimum absolute atomic E-state index is 0.111. The predicted molar refractivity (Wildman–Crippen MR) is 208 cm³/mol. The summed E-state index contributed by atoms with van der Waals surface area (Å²) >= 11 is 0. The van der Waals surface area contributed by atoms with Crippen molar-refractivity contribution in [1.82, 2.24) is 4.57 Å². The van der Waals surface area contributed by atoms with Gasteiger partial charge in [0, 0.05) is 27.7 Å². The van der Waals surface area contributed by atoms with E-state index in [2.05, 4.69) is 115 Å². The van der Waals surface area contributed by atoms with Crippen LogP contribution in [0.4, 0.5) is 5.69 Å². The van der Waals surface area contributed by atoms with E-state index in [1.165, 1.54) is 77.0 Å². The maximum absolute atomic E-state index is 3.04. The van der Waals surface area contributed by atoms with E-state index in [4.69, 9.17) is 0 Å². The minimum atomic E-state index is -0.995. The Kier molecular flexibility index (Phi) is 8.55. The average molecular weight is 664 g/mol. The Bertz CT molecular complexity index is 1660. The van der Waals surface area contributed by atoms with Gasteiger partial charge in [-0.15, -0.1) is 7.91 Å². The Morgan fingerprint density at radius 2 is 1.11 bits per heavy atom. The van der Waals surface area contributed by atoms with E-state index in [-0.39, 0.29) is 11.1 Å². The highest BCUT2D eigenvalue weighted by Gasteiger charge is 2.51. The zero-order valence-electron chi connectivity index (χ0n) is 31.6. The van der Waals surface area contributed by atoms with Gasteiger partial charge in [-0.2, -0.15) is 5.29 Å². The van der Waals surface area contributed by atoms with Crippen LogP contribution in [0.3, 0.4) is 0 Å². The van der Waals surface area contributed by atoms with Crippen LogP contribution in [-0.2, 0) is 11.0 Å². The Morgan fingerprint density at radius 3 is 1.66 bits per heavy atom. The highest BCUT2D eigenvalue weighted by molar-refractivity contribution is 7.16. The molecule has 3 heterocycles. The summed E-state index contributed by atoms with van der Waals surface area (Å²) in [5, 5.41) is 3.81. The Morgan fingerprint density at radius 1 is 0.617 bits per heavy atom. The van der Waals surface area contributed by atoms with Crippen LogP contribution in [0, 0.1) is 5.41 Å². The van der Waals surface area contributed by atoms with Crippen molar-refractivity contribution in [3.63, 3.8) is 0 Å². The first-order valence-corrected chi connectivity index (χ1v) is 23.0. The third-order valence-electron chi connectivity index (χ3n) is 13.1. The van der Waals surface area contributed by atoms with E-state index in [0.29, 0.717) is 28.6 Å². The van der Waals surface area contributed by atoms with Gasteiger partial charge in [0.15, 0.2) is 0 Å². The number of aromatic nitrogens is 1. The lowest BCUT2D eigenvalue weighted by molar-refractivity contribution is 0.248. The van der Waals surface area contributed by atoms with E-state index < -0.39 is 7.91 Å². The Labute approximate surface area is 290 Å². The molecule has 47 heavy (non-hydrogen) atoms. The summed E-state index contributed by atoms with van der Waals surface area (Å²) in [7, 11) is -0.0912. The second-order valence-corrected chi connectivity index (χ2v) is 23.3. The van der Waals surface area contributed by atoms with Crippen LogP contribution in [0.25, 0.3) is 10.5 Å². The average Bonchev–Trinajstić information content (AvgIpc) is 3.54. The molecule has 2 spiro atoms. The molecule has 2 saturated carbocycles. The summed E-state index contributed by atoms with van der Waals surface area (Å²) in [4.78, 5) is 4.80. The highest BCUT2D eigenvalue weighted by atomic mass is 29.1. The summed E-state index contributed by atoms with van der Waals surface area (Å²) < 4.78 is 3.02. The summed E-state index contributed by atoms with van der Waals surface area (Å²) in [6, 6.07) is 14.8. The lowest BCUT2D eigenvalue weighted by Gasteiger charge is -2.46. The van der Waals surface area contributed by atoms with E-state index in [1.807, 2.05) is 10.6 Å². The van der Waals surface area contributed by atoms with Crippen LogP contribution in [0.15, 0.2) is 36.4 Å². The summed E-state index contributed by atoms with van der Waals surface area (Å²) in [5.74, 6) is 1.56. The standard InChI is InChI=1S/C43H63N2Si2/c1-29(2)32-19-17-20-33(30(3)4)36(32)44-38(42(27-40(44,7)8)23-13-11-14-24-42)46-47-35-22-18-21-34(31(5)6)37(35)45-39(47)43(28-41(45,9)10)25-15-12-16-26-43/h17-22,29-31H,11-16,23-28H2,1-10H3/q-1. The zero-order chi connectivity index (χ0) is 33.5. The number of fused-ring (bicyclic) bond motifs is 4. The molecular weight excluding hydrogens is 601 g/mol. The van der Waals surface area contributed by atoms with Gasteiger partial charge in [-0.3, -0.25) is 0 Å². The van der Waals surface area contributed by atoms with Crippen LogP contribution < -0.4 is 4.90 Å². The van der Waals surface area contributed by atoms with Gasteiger partial charge in [-0.1, -0.05) is 121 Å². The van der Waals surface area contributed by atoms with Gasteiger partial charge in [0.25, 0.3) is 0 Å². The fraction of sp³-hybridized carbons (Fsp3) is 0.674. The molecule has 0 atom stereocenters. The molecule has 2 aliphatic heterocycles. The third kappa shape index (κ3) is 5.28. The van der Waals surface area contributed by atoms with Crippen LogP contribution in [0.1, 0.15) is 186 Å². The number of nitrogens with zero attached hydrogens (tertiary/aromatic N) is 2. The first kappa shape index (κ1) is 33.7. The number of rotatable bonds is 5. The normalized spacial score (nSPS) is 23.8. The molecule has 1 saturated heterocycles. The molecule has 4 heteroatoms. The molecule has 4 aliphatic rings. The van der Waals surface area contributed by atoms with Crippen molar-refractivity contribution < 1.29 is 0 Å². The van der Waals surface area contributed by atoms with Crippen molar-refractivity contribution >= 4 is 38.1 Å². The Balaban J connectivity index is 1.60. The van der Waals surface area contributed by atoms with Crippen LogP contribution in [-0.4, -0.2) is 32.0 Å². The summed E-state index contributed by atoms with van der Waals surface area (Å²) in [6.45, 7) is 25.0. The van der Waals surface area contributed by atoms with Crippen molar-refractivity contribution in [3.05, 3.63) is 58.4 Å². The monoisotopic (exact) mass is 663 g/mol. The molecule has 2 aromatic carbocycles. The molecule has 3 aromatic rings. The van der Waals surface area contributed by atoms with Crippen molar-refractivity contribution in [2.45, 2.75) is 181 Å². The fourth-order valence-electron chi connectivity index (χ4n) is 11.4. The van der Waals surface area contributed by atoms with Crippen molar-refractivity contribution in [1.29, 1.82) is 0 Å². The molecule has 0 amide bonds. The molecule has 2 nitrogen and oxygen atoms in total. The van der Waals surface area contributed by atoms with Gasteiger partial charge in [0.1, 0.15) is 0 Å². The molecule has 0 radical (unpaired) electrons. The van der Waals surface area contributed by atoms with E-state index in [0.717, 1.165) is 8.65 Å². The van der Waals surface area contributed by atoms with E-state index in [1.54, 1.807) is 32.9 Å². The smallest absolute Gasteiger partial charge is 0.0453 e. The second kappa shape index (κ2) is 11.9. The molecular formula is C43H63N2Si2-. The first-order chi connectivity index (χ1) is 22.2. The lowest BCUT2D eigenvalue weighted by Crippen LogP contribution is -2.46. The number of hydrogen-bond acceptors (Lipinski definition) is 1. The lowest BCUT2D eigenvalue weighted by atomic mass is 9.71. The molecule has 1 aromatic heterocycles. The third-order valence-corrected chi connectivity index (χ3v) is 19.4. The molecule has 2 aliphatic carbocycles. The van der Waals surface area contributed by atoms with Gasteiger partial charge >= 0.3 is 0 Å². The van der Waals surface area contributed by atoms with Crippen molar-refractivity contribution in [2.24, 2.45) is 5.41 Å². The van der Waals surface area contributed by atoms with Gasteiger partial charge in [0.2, 0.25) is 0 Å². The molecule has 254 valence electrons. The fourth-order valence-corrected chi connectivity index (χ4v) is 19.8. The van der Waals surface area contributed by atoms with E-state index >= 15 is 0 Å². The molecule has 7 rings (SSSR count). The Hall–Kier alpha value is -1.79. The number of para-hydroxylation sites is 2. The summed E-state index contributed by atoms with van der Waals surface area (Å²) in [5.41, 5.74) is 8.99. The van der Waals surface area contributed by atoms with Crippen LogP contribution in [0.5, 0.6) is 0 Å². The van der Waals surface area contributed by atoms with Gasteiger partial charge in [-0.25, -0.2) is 0 Å². The van der Waals surface area contributed by atoms with Crippen molar-refractivity contribution in [2.75, 3.05) is 4.90 Å². The van der Waals surface area contributed by atoms with E-state index in [9.17, 15) is 0 Å². The highest BCUT2D eigenvalue weighted by Crippen LogP contribution is 2.57. The zero-order valence-corrected chi connectivity index (χ0v) is 33.6. The first-order valence-electron chi connectivity index (χ1n) is 19.5. The number of anilines is 1. The summed E-state index contributed by atoms with van der Waals surface area (Å²) in [6.07, 6.45) is 16.7. The van der Waals surface area contributed by atoms with Gasteiger partial charge < -0.3 is 18.1 Å². The molecule has 0 bridgehead atoms. The van der Waals surface area contributed by atoms with Crippen LogP contribution >= 0.6 is 0 Å². The van der Waals surface area contributed by atoms with Crippen molar-refractivity contribution in [3.8, 4) is 0 Å². The topological polar surface area (TPSA) is 8.17 Å². The quantitative estimate of drug-likeness (QED) is 0.247. The van der Waals surface area contributed by atoms with Crippen LogP contribution in [0.2, 0.25) is 0 Å². The maximum atomic E-state index is 3.04. The maximum Gasteiger partial charge on any atom is 0.0453 e. The SMILES string of the molecule is CC(C)c1cccc(C(C)C)c1N1C(=[Si-][si]2c3n(c4c(C(C)C)cccc42)C(C)(C)CC32CCCCC2)C2(CCCCC2)CC1(C)C. The molecule has 0 unspecified atom stereocenters.